The van der Waals surface area contributed by atoms with Crippen LogP contribution in [0.15, 0.2) is 66.3 Å². The van der Waals surface area contributed by atoms with Crippen LogP contribution in [0.3, 0.4) is 0 Å². The van der Waals surface area contributed by atoms with E-state index in [-0.39, 0.29) is 7.43 Å². The van der Waals surface area contributed by atoms with E-state index in [0.29, 0.717) is 0 Å². The van der Waals surface area contributed by atoms with Crippen molar-refractivity contribution >= 4 is 5.57 Å². The van der Waals surface area contributed by atoms with Crippen LogP contribution in [0.25, 0.3) is 5.57 Å². The van der Waals surface area contributed by atoms with Gasteiger partial charge in [0, 0.05) is 5.57 Å². The number of allylic oxidation sites excluding steroid dienone is 5. The minimum atomic E-state index is 0. The molecule has 0 saturated heterocycles. The predicted molar refractivity (Wildman–Crippen MR) is 227 cm³/mol. The van der Waals surface area contributed by atoms with Gasteiger partial charge >= 0.3 is 0 Å². The molecule has 2 aromatic rings. The summed E-state index contributed by atoms with van der Waals surface area (Å²) in [6, 6.07) is 13.0. The first-order chi connectivity index (χ1) is 22.5. The van der Waals surface area contributed by atoms with E-state index >= 15 is 0 Å². The van der Waals surface area contributed by atoms with Crippen molar-refractivity contribution in [2.75, 3.05) is 0 Å². The topological polar surface area (TPSA) is 0 Å². The average molecular weight is 659 g/mol. The molecule has 1 aliphatic rings. The van der Waals surface area contributed by atoms with Gasteiger partial charge in [-0.2, -0.15) is 0 Å². The molecule has 0 spiro atoms. The zero-order valence-corrected chi connectivity index (χ0v) is 34.0. The molecule has 0 saturated carbocycles. The van der Waals surface area contributed by atoms with Crippen molar-refractivity contribution in [1.82, 2.24) is 0 Å². The summed E-state index contributed by atoms with van der Waals surface area (Å²) in [5.74, 6) is 3.75. The minimum absolute atomic E-state index is 0. The van der Waals surface area contributed by atoms with Crippen LogP contribution < -0.4 is 0 Å². The van der Waals surface area contributed by atoms with E-state index < -0.39 is 0 Å². The van der Waals surface area contributed by atoms with Crippen molar-refractivity contribution in [2.24, 2.45) is 5.92 Å². The molecule has 1 aliphatic carbocycles. The molecule has 0 unspecified atom stereocenters. The Hall–Kier alpha value is -2.78. The lowest BCUT2D eigenvalue weighted by Crippen LogP contribution is -1.93. The lowest BCUT2D eigenvalue weighted by Gasteiger charge is -2.12. The van der Waals surface area contributed by atoms with Gasteiger partial charge in [0.25, 0.3) is 0 Å². The van der Waals surface area contributed by atoms with Gasteiger partial charge in [0.2, 0.25) is 0 Å². The van der Waals surface area contributed by atoms with Crippen LogP contribution in [-0.2, 0) is 0 Å². The molecule has 274 valence electrons. The Kier molecular flexibility index (Phi) is 38.5. The number of aryl methyl sites for hydroxylation is 5. The zero-order chi connectivity index (χ0) is 36.6. The van der Waals surface area contributed by atoms with Gasteiger partial charge in [-0.3, -0.25) is 0 Å². The molecule has 2 aromatic carbocycles. The minimum Gasteiger partial charge on any atom is -0.115 e. The highest BCUT2D eigenvalue weighted by Crippen LogP contribution is 2.25. The number of terminal acetylenes is 1. The van der Waals surface area contributed by atoms with Gasteiger partial charge in [0.1, 0.15) is 0 Å². The maximum atomic E-state index is 5.42. The highest BCUT2D eigenvalue weighted by Gasteiger charge is 2.06. The fourth-order valence-corrected chi connectivity index (χ4v) is 5.28. The predicted octanol–water partition coefficient (Wildman–Crippen LogP) is 16.5. The van der Waals surface area contributed by atoms with E-state index in [1.165, 1.54) is 101 Å². The monoisotopic (exact) mass is 659 g/mol. The fraction of sp³-hybridized carbons (Fsp3) is 0.583. The van der Waals surface area contributed by atoms with Gasteiger partial charge in [-0.15, -0.1) is 6.42 Å². The van der Waals surface area contributed by atoms with Crippen LogP contribution >= 0.6 is 0 Å². The Balaban J connectivity index is -0.000000265. The number of benzene rings is 2. The van der Waals surface area contributed by atoms with Crippen LogP contribution in [0.4, 0.5) is 0 Å². The third kappa shape index (κ3) is 26.2. The summed E-state index contributed by atoms with van der Waals surface area (Å²) in [5.41, 5.74) is 12.0. The number of unbranched alkanes of at least 4 members (excludes halogenated alkanes) is 2. The van der Waals surface area contributed by atoms with Gasteiger partial charge in [-0.25, -0.2) is 0 Å². The summed E-state index contributed by atoms with van der Waals surface area (Å²) < 4.78 is 0. The van der Waals surface area contributed by atoms with E-state index in [1.54, 1.807) is 0 Å². The van der Waals surface area contributed by atoms with Crippen molar-refractivity contribution < 1.29 is 0 Å². The summed E-state index contributed by atoms with van der Waals surface area (Å²) >= 11 is 0. The molecular formula is C48H82. The van der Waals surface area contributed by atoms with E-state index in [9.17, 15) is 0 Å². The van der Waals surface area contributed by atoms with Crippen molar-refractivity contribution in [3.8, 4) is 12.3 Å². The summed E-state index contributed by atoms with van der Waals surface area (Å²) in [5, 5.41) is 0. The van der Waals surface area contributed by atoms with E-state index in [4.69, 9.17) is 6.42 Å². The molecule has 0 fully saturated rings. The third-order valence-electron chi connectivity index (χ3n) is 8.03. The molecule has 0 aromatic heterocycles. The van der Waals surface area contributed by atoms with Gasteiger partial charge in [-0.05, 0) is 112 Å². The number of rotatable bonds is 11. The molecule has 3 rings (SSSR count). The molecule has 0 heteroatoms. The van der Waals surface area contributed by atoms with Crippen LogP contribution in [0.5, 0.6) is 0 Å². The van der Waals surface area contributed by atoms with Crippen LogP contribution in [0.2, 0.25) is 0 Å². The first kappa shape index (κ1) is 52.0. The second kappa shape index (κ2) is 35.5. The zero-order valence-electron chi connectivity index (χ0n) is 34.0. The van der Waals surface area contributed by atoms with Crippen molar-refractivity contribution in [3.63, 3.8) is 0 Å². The molecule has 0 radical (unpaired) electrons. The van der Waals surface area contributed by atoms with Crippen LogP contribution in [0.1, 0.15) is 180 Å². The fourth-order valence-electron chi connectivity index (χ4n) is 5.28. The summed E-state index contributed by atoms with van der Waals surface area (Å²) in [6.07, 6.45) is 24.8. The highest BCUT2D eigenvalue weighted by atomic mass is 14.1. The van der Waals surface area contributed by atoms with Crippen molar-refractivity contribution in [3.05, 3.63) is 99.7 Å². The van der Waals surface area contributed by atoms with Crippen molar-refractivity contribution in [2.45, 2.75) is 181 Å². The number of hydrogen-bond acceptors (Lipinski definition) is 0. The van der Waals surface area contributed by atoms with Gasteiger partial charge in [-0.1, -0.05) is 180 Å². The molecule has 0 atom stereocenters. The van der Waals surface area contributed by atoms with E-state index in [0.717, 1.165) is 31.6 Å². The Bertz CT molecular complexity index is 1120. The molecule has 0 aliphatic heterocycles. The van der Waals surface area contributed by atoms with Crippen LogP contribution in [-0.4, -0.2) is 0 Å². The Morgan fingerprint density at radius 2 is 1.29 bits per heavy atom. The highest BCUT2D eigenvalue weighted by molar-refractivity contribution is 5.67. The Morgan fingerprint density at radius 3 is 1.73 bits per heavy atom. The first-order valence-corrected chi connectivity index (χ1v) is 19.2. The second-order valence-electron chi connectivity index (χ2n) is 12.5. The first-order valence-electron chi connectivity index (χ1n) is 19.2. The molecule has 0 nitrogen and oxygen atoms in total. The summed E-state index contributed by atoms with van der Waals surface area (Å²) in [7, 11) is 0. The average Bonchev–Trinajstić information content (AvgIpc) is 3.07. The lowest BCUT2D eigenvalue weighted by atomic mass is 9.94. The second-order valence-corrected chi connectivity index (χ2v) is 12.5. The largest absolute Gasteiger partial charge is 0.115 e. The molecule has 0 N–H and O–H groups in total. The molecule has 0 heterocycles. The van der Waals surface area contributed by atoms with Crippen molar-refractivity contribution in [1.29, 1.82) is 0 Å². The molecule has 48 heavy (non-hydrogen) atoms. The smallest absolute Gasteiger partial charge is 0.00525 e. The quantitative estimate of drug-likeness (QED) is 0.211. The van der Waals surface area contributed by atoms with Gasteiger partial charge in [0.15, 0.2) is 0 Å². The molecule has 0 amide bonds. The van der Waals surface area contributed by atoms with Gasteiger partial charge in [0.05, 0.1) is 0 Å². The Labute approximate surface area is 304 Å². The number of hydrogen-bond donors (Lipinski definition) is 0. The maximum Gasteiger partial charge on any atom is 0.00525 e. The van der Waals surface area contributed by atoms with E-state index in [2.05, 4.69) is 130 Å². The summed E-state index contributed by atoms with van der Waals surface area (Å²) in [6.45, 7) is 34.2. The van der Waals surface area contributed by atoms with Gasteiger partial charge < -0.3 is 0 Å². The van der Waals surface area contributed by atoms with Crippen LogP contribution in [0, 0.1) is 52.9 Å². The SMILES string of the molecule is C.C#CC1=C(CCCC)C=CCC1.C=C(CCCC)c1cc(C)c(C)cc1C.CC.CC.CCCC(C)CCC.Cc1cccc(C)c1. The standard InChI is InChI=1S/C15H22.C12H16.C8H10.C8H18.2C2H6.CH4/c1-6-7-8-11(2)15-10-13(4)12(3)9-14(15)5;1-3-5-8-12-10-7-6-9-11(12)4-2;1-7-4-3-5-8(2)6-7;1-4-6-8(3)7-5-2;2*1-2;/h9-10H,2,6-8H2,1,3-5H3;2,7,10H,3,5-6,8-9H2,1H3;3-6H,1-2H3;8H,4-7H2,1-3H3;2*1-2H3;1H4. The molecule has 0 bridgehead atoms. The maximum absolute atomic E-state index is 5.42. The molecular weight excluding hydrogens is 577 g/mol. The Morgan fingerprint density at radius 1 is 0.771 bits per heavy atom. The normalized spacial score (nSPS) is 10.9. The van der Waals surface area contributed by atoms with E-state index in [1.807, 2.05) is 27.7 Å². The lowest BCUT2D eigenvalue weighted by molar-refractivity contribution is 0.480. The third-order valence-corrected chi connectivity index (χ3v) is 8.03. The summed E-state index contributed by atoms with van der Waals surface area (Å²) in [4.78, 5) is 0.